The highest BCUT2D eigenvalue weighted by Crippen LogP contribution is 2.25. The first-order chi connectivity index (χ1) is 16.4. The number of sulfonamides is 1. The molecular formula is C25H33BrFN3O4S. The van der Waals surface area contributed by atoms with Crippen LogP contribution in [0.2, 0.25) is 0 Å². The lowest BCUT2D eigenvalue weighted by molar-refractivity contribution is -0.140. The Hall–Kier alpha value is -2.46. The van der Waals surface area contributed by atoms with Gasteiger partial charge in [-0.3, -0.25) is 13.9 Å². The average molecular weight is 571 g/mol. The summed E-state index contributed by atoms with van der Waals surface area (Å²) in [5.41, 5.74) is 1.78. The van der Waals surface area contributed by atoms with Crippen LogP contribution in [0.1, 0.15) is 44.7 Å². The lowest BCUT2D eigenvalue weighted by atomic mass is 10.1. The number of carbonyl (C=O) groups excluding carboxylic acids is 2. The Morgan fingerprint density at radius 1 is 1.09 bits per heavy atom. The van der Waals surface area contributed by atoms with Crippen molar-refractivity contribution in [1.29, 1.82) is 0 Å². The van der Waals surface area contributed by atoms with Gasteiger partial charge in [-0.2, -0.15) is 0 Å². The summed E-state index contributed by atoms with van der Waals surface area (Å²) in [4.78, 5) is 28.0. The first-order valence-electron chi connectivity index (χ1n) is 11.5. The molecule has 2 aromatic rings. The minimum Gasteiger partial charge on any atom is -0.352 e. The number of amides is 2. The third-order valence-electron chi connectivity index (χ3n) is 5.76. The number of aryl methyl sites for hydroxylation is 1. The van der Waals surface area contributed by atoms with E-state index >= 15 is 0 Å². The second-order valence-corrected chi connectivity index (χ2v) is 11.4. The van der Waals surface area contributed by atoms with Crippen molar-refractivity contribution in [1.82, 2.24) is 10.2 Å². The molecule has 7 nitrogen and oxygen atoms in total. The Labute approximate surface area is 215 Å². The van der Waals surface area contributed by atoms with Gasteiger partial charge in [-0.25, -0.2) is 12.8 Å². The number of hydrogen-bond acceptors (Lipinski definition) is 4. The highest BCUT2D eigenvalue weighted by molar-refractivity contribution is 9.10. The van der Waals surface area contributed by atoms with Crippen LogP contribution in [0.4, 0.5) is 10.1 Å². The predicted molar refractivity (Wildman–Crippen MR) is 140 cm³/mol. The minimum atomic E-state index is -3.81. The van der Waals surface area contributed by atoms with Gasteiger partial charge in [-0.05, 0) is 68.1 Å². The molecule has 0 bridgehead atoms. The molecule has 2 rings (SSSR count). The molecule has 0 saturated carbocycles. The number of halogens is 2. The maximum absolute atomic E-state index is 13.6. The monoisotopic (exact) mass is 569 g/mol. The van der Waals surface area contributed by atoms with E-state index in [9.17, 15) is 22.4 Å². The van der Waals surface area contributed by atoms with E-state index in [1.807, 2.05) is 20.8 Å². The van der Waals surface area contributed by atoms with Crippen LogP contribution in [0.5, 0.6) is 0 Å². The van der Waals surface area contributed by atoms with Gasteiger partial charge in [0.25, 0.3) is 0 Å². The fraction of sp³-hybridized carbons (Fsp3) is 0.440. The van der Waals surface area contributed by atoms with Gasteiger partial charge in [0.2, 0.25) is 21.8 Å². The van der Waals surface area contributed by atoms with Gasteiger partial charge >= 0.3 is 0 Å². The summed E-state index contributed by atoms with van der Waals surface area (Å²) in [6.07, 6.45) is 2.08. The van der Waals surface area contributed by atoms with E-state index in [1.54, 1.807) is 37.3 Å². The summed E-state index contributed by atoms with van der Waals surface area (Å²) in [7, 11) is -3.81. The highest BCUT2D eigenvalue weighted by atomic mass is 79.9. The molecule has 0 fully saturated rings. The molecular weight excluding hydrogens is 537 g/mol. The normalized spacial score (nSPS) is 13.1. The van der Waals surface area contributed by atoms with Crippen molar-refractivity contribution < 1.29 is 22.4 Å². The quantitative estimate of drug-likeness (QED) is 0.435. The Morgan fingerprint density at radius 2 is 1.71 bits per heavy atom. The summed E-state index contributed by atoms with van der Waals surface area (Å²) in [6.45, 7) is 6.98. The summed E-state index contributed by atoms with van der Waals surface area (Å²) in [6, 6.07) is 9.75. The first-order valence-corrected chi connectivity index (χ1v) is 14.1. The molecule has 0 saturated heterocycles. The number of carbonyl (C=O) groups is 2. The number of anilines is 1. The van der Waals surface area contributed by atoms with Crippen molar-refractivity contribution in [3.05, 3.63) is 63.9 Å². The lowest BCUT2D eigenvalue weighted by Gasteiger charge is -2.33. The van der Waals surface area contributed by atoms with Crippen LogP contribution < -0.4 is 9.62 Å². The highest BCUT2D eigenvalue weighted by Gasteiger charge is 2.32. The lowest BCUT2D eigenvalue weighted by Crippen LogP contribution is -2.53. The van der Waals surface area contributed by atoms with Gasteiger partial charge in [0.05, 0.1) is 11.9 Å². The van der Waals surface area contributed by atoms with Crippen LogP contribution in [0.25, 0.3) is 0 Å². The van der Waals surface area contributed by atoms with Crippen LogP contribution in [0, 0.1) is 12.7 Å². The van der Waals surface area contributed by atoms with Crippen molar-refractivity contribution >= 4 is 43.5 Å². The summed E-state index contributed by atoms with van der Waals surface area (Å²) >= 11 is 3.40. The van der Waals surface area contributed by atoms with Crippen molar-refractivity contribution in [2.75, 3.05) is 17.1 Å². The van der Waals surface area contributed by atoms with Crippen LogP contribution >= 0.6 is 15.9 Å². The number of benzene rings is 2. The van der Waals surface area contributed by atoms with E-state index in [2.05, 4.69) is 21.2 Å². The molecule has 2 atom stereocenters. The van der Waals surface area contributed by atoms with Gasteiger partial charge in [-0.1, -0.05) is 41.9 Å². The zero-order valence-corrected chi connectivity index (χ0v) is 23.1. The Kier molecular flexibility index (Phi) is 10.3. The maximum atomic E-state index is 13.6. The van der Waals surface area contributed by atoms with E-state index in [-0.39, 0.29) is 18.5 Å². The largest absolute Gasteiger partial charge is 0.352 e. The zero-order chi connectivity index (χ0) is 26.3. The molecule has 35 heavy (non-hydrogen) atoms. The van der Waals surface area contributed by atoms with Crippen LogP contribution in [0.15, 0.2) is 46.9 Å². The number of nitrogens with one attached hydrogen (secondary N) is 1. The molecule has 0 spiro atoms. The molecule has 0 aliphatic rings. The van der Waals surface area contributed by atoms with Gasteiger partial charge < -0.3 is 10.2 Å². The summed E-state index contributed by atoms with van der Waals surface area (Å²) in [5, 5.41) is 2.91. The SMILES string of the molecule is CC[C@H](C)NC(=O)[C@H](CC)N(Cc1ccc(F)cc1)C(=O)CN(c1ccc(Br)c(C)c1)S(C)(=O)=O. The van der Waals surface area contributed by atoms with Gasteiger partial charge in [-0.15, -0.1) is 0 Å². The molecule has 0 unspecified atom stereocenters. The molecule has 2 aromatic carbocycles. The minimum absolute atomic E-state index is 0.0303. The molecule has 0 aliphatic heterocycles. The van der Waals surface area contributed by atoms with Crippen molar-refractivity contribution in [3.63, 3.8) is 0 Å². The molecule has 1 N–H and O–H groups in total. The van der Waals surface area contributed by atoms with Crippen LogP contribution in [-0.4, -0.2) is 50.0 Å². The third kappa shape index (κ3) is 8.03. The zero-order valence-electron chi connectivity index (χ0n) is 20.7. The molecule has 0 aliphatic carbocycles. The molecule has 0 radical (unpaired) electrons. The van der Waals surface area contributed by atoms with E-state index in [0.29, 0.717) is 17.7 Å². The van der Waals surface area contributed by atoms with Crippen molar-refractivity contribution in [2.24, 2.45) is 0 Å². The first kappa shape index (κ1) is 28.8. The Balaban J connectivity index is 2.45. The van der Waals surface area contributed by atoms with Crippen LogP contribution in [-0.2, 0) is 26.2 Å². The average Bonchev–Trinajstić information content (AvgIpc) is 2.79. The van der Waals surface area contributed by atoms with E-state index in [0.717, 1.165) is 27.0 Å². The summed E-state index contributed by atoms with van der Waals surface area (Å²) in [5.74, 6) is -1.27. The molecule has 0 heterocycles. The Morgan fingerprint density at radius 3 is 2.23 bits per heavy atom. The fourth-order valence-electron chi connectivity index (χ4n) is 3.54. The Bertz CT molecular complexity index is 1140. The van der Waals surface area contributed by atoms with Crippen LogP contribution in [0.3, 0.4) is 0 Å². The molecule has 10 heteroatoms. The predicted octanol–water partition coefficient (Wildman–Crippen LogP) is 4.38. The molecule has 192 valence electrons. The third-order valence-corrected chi connectivity index (χ3v) is 7.79. The van der Waals surface area contributed by atoms with Crippen molar-refractivity contribution in [3.8, 4) is 0 Å². The molecule has 2 amide bonds. The molecule has 0 aromatic heterocycles. The number of hydrogen-bond donors (Lipinski definition) is 1. The standard InChI is InChI=1S/C25H33BrFN3O4S/c1-6-18(4)28-25(32)23(7-2)29(15-19-8-10-20(27)11-9-19)24(31)16-30(35(5,33)34)21-12-13-22(26)17(3)14-21/h8-14,18,23H,6-7,15-16H2,1-5H3,(H,28,32)/t18-,23-/m0/s1. The van der Waals surface area contributed by atoms with E-state index in [1.165, 1.54) is 17.0 Å². The van der Waals surface area contributed by atoms with Gasteiger partial charge in [0.15, 0.2) is 0 Å². The second kappa shape index (κ2) is 12.5. The smallest absolute Gasteiger partial charge is 0.244 e. The van der Waals surface area contributed by atoms with Gasteiger partial charge in [0.1, 0.15) is 18.4 Å². The maximum Gasteiger partial charge on any atom is 0.244 e. The number of rotatable bonds is 11. The second-order valence-electron chi connectivity index (χ2n) is 8.59. The number of nitrogens with zero attached hydrogens (tertiary/aromatic N) is 2. The summed E-state index contributed by atoms with van der Waals surface area (Å²) < 4.78 is 40.6. The van der Waals surface area contributed by atoms with Crippen molar-refractivity contribution in [2.45, 2.75) is 59.2 Å². The van der Waals surface area contributed by atoms with Gasteiger partial charge in [0, 0.05) is 17.1 Å². The van der Waals surface area contributed by atoms with E-state index < -0.39 is 34.3 Å². The van der Waals surface area contributed by atoms with E-state index in [4.69, 9.17) is 0 Å². The topological polar surface area (TPSA) is 86.8 Å². The fourth-order valence-corrected chi connectivity index (χ4v) is 4.63.